The lowest BCUT2D eigenvalue weighted by Gasteiger charge is -2.09. The van der Waals surface area contributed by atoms with Crippen molar-refractivity contribution in [3.8, 4) is 5.75 Å². The molecular weight excluding hydrogens is 266 g/mol. The summed E-state index contributed by atoms with van der Waals surface area (Å²) < 4.78 is 10.4. The molecule has 0 amide bonds. The van der Waals surface area contributed by atoms with Crippen molar-refractivity contribution in [3.05, 3.63) is 59.2 Å². The van der Waals surface area contributed by atoms with E-state index in [1.54, 1.807) is 19.2 Å². The van der Waals surface area contributed by atoms with E-state index in [1.165, 1.54) is 0 Å². The van der Waals surface area contributed by atoms with Gasteiger partial charge in [0.2, 0.25) is 0 Å². The standard InChI is InChI=1S/C17H19NO3/c1-12-4-3-5-15(16(12)18)17(19)21-11-10-13-6-8-14(20-2)9-7-13/h3-9H,10-11,18H2,1-2H3. The van der Waals surface area contributed by atoms with E-state index in [0.717, 1.165) is 16.9 Å². The van der Waals surface area contributed by atoms with Crippen LogP contribution < -0.4 is 10.5 Å². The van der Waals surface area contributed by atoms with Crippen molar-refractivity contribution >= 4 is 11.7 Å². The summed E-state index contributed by atoms with van der Waals surface area (Å²) >= 11 is 0. The Morgan fingerprint density at radius 2 is 1.86 bits per heavy atom. The number of ether oxygens (including phenoxy) is 2. The highest BCUT2D eigenvalue weighted by atomic mass is 16.5. The molecule has 2 N–H and O–H groups in total. The van der Waals surface area contributed by atoms with Gasteiger partial charge in [-0.2, -0.15) is 0 Å². The number of rotatable bonds is 5. The molecule has 0 bridgehead atoms. The van der Waals surface area contributed by atoms with E-state index in [-0.39, 0.29) is 5.97 Å². The molecule has 0 heterocycles. The number of para-hydroxylation sites is 1. The van der Waals surface area contributed by atoms with Crippen LogP contribution in [0.25, 0.3) is 0 Å². The second-order valence-corrected chi connectivity index (χ2v) is 4.77. The van der Waals surface area contributed by atoms with Crippen molar-refractivity contribution in [3.63, 3.8) is 0 Å². The van der Waals surface area contributed by atoms with Crippen LogP contribution in [0.4, 0.5) is 5.69 Å². The molecule has 2 aromatic rings. The highest BCUT2D eigenvalue weighted by Gasteiger charge is 2.12. The minimum Gasteiger partial charge on any atom is -0.497 e. The fraction of sp³-hybridized carbons (Fsp3) is 0.235. The van der Waals surface area contributed by atoms with E-state index >= 15 is 0 Å². The van der Waals surface area contributed by atoms with E-state index in [4.69, 9.17) is 15.2 Å². The van der Waals surface area contributed by atoms with E-state index in [9.17, 15) is 4.79 Å². The molecule has 0 saturated carbocycles. The third kappa shape index (κ3) is 3.75. The number of aryl methyl sites for hydroxylation is 1. The molecule has 0 saturated heterocycles. The van der Waals surface area contributed by atoms with Crippen molar-refractivity contribution in [2.24, 2.45) is 0 Å². The fourth-order valence-electron chi connectivity index (χ4n) is 1.99. The van der Waals surface area contributed by atoms with Crippen LogP contribution in [-0.4, -0.2) is 19.7 Å². The van der Waals surface area contributed by atoms with Gasteiger partial charge in [0.1, 0.15) is 5.75 Å². The lowest BCUT2D eigenvalue weighted by atomic mass is 10.1. The Bertz CT molecular complexity index is 620. The summed E-state index contributed by atoms with van der Waals surface area (Å²) in [7, 11) is 1.63. The van der Waals surface area contributed by atoms with Gasteiger partial charge in [0.15, 0.2) is 0 Å². The van der Waals surface area contributed by atoms with Crippen LogP contribution in [0.5, 0.6) is 5.75 Å². The third-order valence-corrected chi connectivity index (χ3v) is 3.33. The van der Waals surface area contributed by atoms with Crippen molar-refractivity contribution < 1.29 is 14.3 Å². The predicted octanol–water partition coefficient (Wildman–Crippen LogP) is 2.99. The largest absolute Gasteiger partial charge is 0.497 e. The summed E-state index contributed by atoms with van der Waals surface area (Å²) in [5.41, 5.74) is 8.74. The molecule has 0 unspecified atom stereocenters. The summed E-state index contributed by atoms with van der Waals surface area (Å²) in [5.74, 6) is 0.424. The van der Waals surface area contributed by atoms with Crippen LogP contribution in [0.15, 0.2) is 42.5 Å². The van der Waals surface area contributed by atoms with Gasteiger partial charge in [0, 0.05) is 12.1 Å². The van der Waals surface area contributed by atoms with Crippen molar-refractivity contribution in [1.29, 1.82) is 0 Å². The Balaban J connectivity index is 1.90. The molecule has 21 heavy (non-hydrogen) atoms. The summed E-state index contributed by atoms with van der Waals surface area (Å²) in [5, 5.41) is 0. The number of esters is 1. The summed E-state index contributed by atoms with van der Waals surface area (Å²) in [4.78, 5) is 12.0. The van der Waals surface area contributed by atoms with E-state index < -0.39 is 0 Å². The second kappa shape index (κ2) is 6.79. The number of hydrogen-bond donors (Lipinski definition) is 1. The topological polar surface area (TPSA) is 61.5 Å². The fourth-order valence-corrected chi connectivity index (χ4v) is 1.99. The molecule has 0 fully saturated rings. The quantitative estimate of drug-likeness (QED) is 0.677. The molecule has 0 aliphatic heterocycles. The maximum Gasteiger partial charge on any atom is 0.340 e. The SMILES string of the molecule is COc1ccc(CCOC(=O)c2cccc(C)c2N)cc1. The van der Waals surface area contributed by atoms with Gasteiger partial charge >= 0.3 is 5.97 Å². The monoisotopic (exact) mass is 285 g/mol. The maximum atomic E-state index is 12.0. The van der Waals surface area contributed by atoms with Crippen LogP contribution in [-0.2, 0) is 11.2 Å². The van der Waals surface area contributed by atoms with Gasteiger partial charge in [-0.15, -0.1) is 0 Å². The van der Waals surface area contributed by atoms with Crippen LogP contribution in [0.1, 0.15) is 21.5 Å². The lowest BCUT2D eigenvalue weighted by Crippen LogP contribution is -2.11. The first-order valence-electron chi connectivity index (χ1n) is 6.77. The number of hydrogen-bond acceptors (Lipinski definition) is 4. The Labute approximate surface area is 124 Å². The molecule has 4 heteroatoms. The Morgan fingerprint density at radius 1 is 1.14 bits per heavy atom. The number of carbonyl (C=O) groups excluding carboxylic acids is 1. The lowest BCUT2D eigenvalue weighted by molar-refractivity contribution is 0.0510. The average molecular weight is 285 g/mol. The van der Waals surface area contributed by atoms with Gasteiger partial charge in [-0.05, 0) is 36.2 Å². The zero-order valence-corrected chi connectivity index (χ0v) is 12.3. The van der Waals surface area contributed by atoms with Gasteiger partial charge in [0.25, 0.3) is 0 Å². The van der Waals surface area contributed by atoms with Crippen LogP contribution in [0, 0.1) is 6.92 Å². The summed E-state index contributed by atoms with van der Waals surface area (Å²) in [6, 6.07) is 13.0. The number of benzene rings is 2. The van der Waals surface area contributed by atoms with Crippen molar-refractivity contribution in [1.82, 2.24) is 0 Å². The maximum absolute atomic E-state index is 12.0. The first-order valence-corrected chi connectivity index (χ1v) is 6.77. The molecule has 4 nitrogen and oxygen atoms in total. The first-order chi connectivity index (χ1) is 10.1. The molecule has 0 spiro atoms. The summed E-state index contributed by atoms with van der Waals surface area (Å²) in [6.07, 6.45) is 0.654. The van der Waals surface area contributed by atoms with Crippen molar-refractivity contribution in [2.75, 3.05) is 19.5 Å². The average Bonchev–Trinajstić information content (AvgIpc) is 2.50. The highest BCUT2D eigenvalue weighted by Crippen LogP contribution is 2.17. The predicted molar refractivity (Wildman–Crippen MR) is 82.6 cm³/mol. The number of anilines is 1. The molecule has 2 rings (SSSR count). The first kappa shape index (κ1) is 14.9. The Hall–Kier alpha value is -2.49. The van der Waals surface area contributed by atoms with Gasteiger partial charge < -0.3 is 15.2 Å². The Morgan fingerprint density at radius 3 is 2.52 bits per heavy atom. The van der Waals surface area contributed by atoms with E-state index in [1.807, 2.05) is 37.3 Å². The van der Waals surface area contributed by atoms with Gasteiger partial charge in [-0.3, -0.25) is 0 Å². The van der Waals surface area contributed by atoms with Gasteiger partial charge in [-0.25, -0.2) is 4.79 Å². The molecular formula is C17H19NO3. The number of carbonyl (C=O) groups is 1. The molecule has 2 aromatic carbocycles. The molecule has 0 aliphatic rings. The van der Waals surface area contributed by atoms with Crippen molar-refractivity contribution in [2.45, 2.75) is 13.3 Å². The third-order valence-electron chi connectivity index (χ3n) is 3.33. The molecule has 0 aliphatic carbocycles. The zero-order chi connectivity index (χ0) is 15.2. The van der Waals surface area contributed by atoms with E-state index in [2.05, 4.69) is 0 Å². The Kier molecular flexibility index (Phi) is 4.82. The van der Waals surface area contributed by atoms with Gasteiger partial charge in [0.05, 0.1) is 19.3 Å². The number of methoxy groups -OCH3 is 1. The smallest absolute Gasteiger partial charge is 0.340 e. The minimum atomic E-state index is -0.385. The van der Waals surface area contributed by atoms with E-state index in [0.29, 0.717) is 24.3 Å². The second-order valence-electron chi connectivity index (χ2n) is 4.77. The summed E-state index contributed by atoms with van der Waals surface area (Å²) in [6.45, 7) is 2.18. The van der Waals surface area contributed by atoms with Crippen LogP contribution in [0.3, 0.4) is 0 Å². The minimum absolute atomic E-state index is 0.318. The molecule has 110 valence electrons. The van der Waals surface area contributed by atoms with Crippen LogP contribution >= 0.6 is 0 Å². The molecule has 0 radical (unpaired) electrons. The normalized spacial score (nSPS) is 10.2. The molecule has 0 atom stereocenters. The number of nitrogens with two attached hydrogens (primary N) is 1. The zero-order valence-electron chi connectivity index (χ0n) is 12.3. The highest BCUT2D eigenvalue weighted by molar-refractivity contribution is 5.95. The van der Waals surface area contributed by atoms with Gasteiger partial charge in [-0.1, -0.05) is 24.3 Å². The van der Waals surface area contributed by atoms with Crippen LogP contribution in [0.2, 0.25) is 0 Å². The number of nitrogen functional groups attached to an aromatic ring is 1. The molecule has 0 aromatic heterocycles.